The summed E-state index contributed by atoms with van der Waals surface area (Å²) < 4.78 is 19.1. The zero-order valence-electron chi connectivity index (χ0n) is 18.4. The second kappa shape index (κ2) is 6.38. The molecule has 2 atom stereocenters. The molecule has 3 heterocycles. The van der Waals surface area contributed by atoms with Gasteiger partial charge in [-0.15, -0.1) is 0 Å². The summed E-state index contributed by atoms with van der Waals surface area (Å²) in [6.07, 6.45) is 0. The zero-order valence-corrected chi connectivity index (χ0v) is 18.4. The van der Waals surface area contributed by atoms with E-state index in [1.807, 2.05) is 54.6 Å². The molecule has 1 aromatic heterocycles. The third-order valence-corrected chi connectivity index (χ3v) is 7.41. The molecule has 162 valence electrons. The molecule has 33 heavy (non-hydrogen) atoms. The van der Waals surface area contributed by atoms with E-state index in [1.165, 1.54) is 0 Å². The fraction of sp³-hybridized carbons (Fsp3) is 0.207. The molecule has 4 aromatic carbocycles. The van der Waals surface area contributed by atoms with E-state index in [4.69, 9.17) is 13.9 Å². The van der Waals surface area contributed by atoms with Crippen LogP contribution in [-0.4, -0.2) is 12.2 Å². The first kappa shape index (κ1) is 18.8. The highest BCUT2D eigenvalue weighted by atomic mass is 16.6. The van der Waals surface area contributed by atoms with Gasteiger partial charge in [0.1, 0.15) is 16.9 Å². The normalized spacial score (nSPS) is 20.5. The molecule has 2 aliphatic rings. The minimum Gasteiger partial charge on any atom is -0.493 e. The van der Waals surface area contributed by atoms with Crippen LogP contribution in [-0.2, 0) is 0 Å². The van der Waals surface area contributed by atoms with Crippen molar-refractivity contribution in [2.75, 3.05) is 6.61 Å². The van der Waals surface area contributed by atoms with Gasteiger partial charge in [0, 0.05) is 22.8 Å². The topological polar surface area (TPSA) is 48.7 Å². The SMILES string of the molecule is CC1(C)Oc2oc3c(ccc4ccccc43)c(=O)c2[C@H]2c3c(ccc4ccccc34)OC[C@H]21. The standard InChI is InChI=1S/C29H22O4/c1-29(2)21-15-31-22-14-12-16-7-3-5-9-18(16)23(22)24(21)25-26(30)20-13-11-17-8-4-6-10-19(17)27(20)32-28(25)33-29/h3-14,21,24H,15H2,1-2H3/t21-,24-/m1/s1. The van der Waals surface area contributed by atoms with Crippen molar-refractivity contribution < 1.29 is 13.9 Å². The third kappa shape index (κ3) is 2.49. The van der Waals surface area contributed by atoms with Crippen LogP contribution < -0.4 is 14.9 Å². The van der Waals surface area contributed by atoms with E-state index in [0.29, 0.717) is 29.1 Å². The van der Waals surface area contributed by atoms with E-state index in [1.54, 1.807) is 0 Å². The lowest BCUT2D eigenvalue weighted by Gasteiger charge is -2.46. The molecule has 0 radical (unpaired) electrons. The molecule has 0 amide bonds. The maximum absolute atomic E-state index is 14.0. The van der Waals surface area contributed by atoms with Crippen molar-refractivity contribution in [1.29, 1.82) is 0 Å². The first-order chi connectivity index (χ1) is 16.0. The molecule has 4 nitrogen and oxygen atoms in total. The number of hydrogen-bond acceptors (Lipinski definition) is 4. The summed E-state index contributed by atoms with van der Waals surface area (Å²) in [6, 6.07) is 24.2. The van der Waals surface area contributed by atoms with E-state index in [9.17, 15) is 4.79 Å². The Labute approximate surface area is 190 Å². The van der Waals surface area contributed by atoms with Crippen LogP contribution in [0.3, 0.4) is 0 Å². The lowest BCUT2D eigenvalue weighted by Crippen LogP contribution is -2.50. The van der Waals surface area contributed by atoms with E-state index < -0.39 is 5.60 Å². The summed E-state index contributed by atoms with van der Waals surface area (Å²) in [6.45, 7) is 4.60. The zero-order chi connectivity index (χ0) is 22.3. The van der Waals surface area contributed by atoms with Crippen molar-refractivity contribution in [1.82, 2.24) is 0 Å². The fourth-order valence-corrected chi connectivity index (χ4v) is 5.72. The van der Waals surface area contributed by atoms with Crippen LogP contribution >= 0.6 is 0 Å². The van der Waals surface area contributed by atoms with E-state index in [0.717, 1.165) is 32.9 Å². The number of ether oxygens (including phenoxy) is 2. The number of fused-ring (bicyclic) bond motifs is 10. The molecule has 0 saturated carbocycles. The van der Waals surface area contributed by atoms with Crippen molar-refractivity contribution in [2.24, 2.45) is 5.92 Å². The van der Waals surface area contributed by atoms with E-state index >= 15 is 0 Å². The van der Waals surface area contributed by atoms with Crippen molar-refractivity contribution >= 4 is 32.5 Å². The van der Waals surface area contributed by atoms with Gasteiger partial charge in [-0.1, -0.05) is 60.7 Å². The molecule has 4 heteroatoms. The third-order valence-electron chi connectivity index (χ3n) is 7.41. The first-order valence-electron chi connectivity index (χ1n) is 11.3. The van der Waals surface area contributed by atoms with Crippen molar-refractivity contribution in [3.63, 3.8) is 0 Å². The maximum atomic E-state index is 14.0. The molecule has 2 aliphatic heterocycles. The number of benzene rings is 4. The van der Waals surface area contributed by atoms with Crippen molar-refractivity contribution in [3.8, 4) is 11.7 Å². The average molecular weight is 434 g/mol. The largest absolute Gasteiger partial charge is 0.493 e. The lowest BCUT2D eigenvalue weighted by molar-refractivity contribution is -0.0314. The van der Waals surface area contributed by atoms with Gasteiger partial charge in [-0.05, 0) is 42.1 Å². The Bertz CT molecular complexity index is 1660. The van der Waals surface area contributed by atoms with Crippen LogP contribution in [0.15, 0.2) is 82.0 Å². The summed E-state index contributed by atoms with van der Waals surface area (Å²) in [5, 5.41) is 4.76. The average Bonchev–Trinajstić information content (AvgIpc) is 2.83. The quantitative estimate of drug-likeness (QED) is 0.264. The van der Waals surface area contributed by atoms with Crippen LogP contribution in [0.4, 0.5) is 0 Å². The van der Waals surface area contributed by atoms with Gasteiger partial charge in [0.05, 0.1) is 17.6 Å². The lowest BCUT2D eigenvalue weighted by atomic mass is 9.69. The molecule has 0 aliphatic carbocycles. The molecule has 0 bridgehead atoms. The highest BCUT2D eigenvalue weighted by Gasteiger charge is 2.50. The minimum atomic E-state index is -0.569. The van der Waals surface area contributed by atoms with Gasteiger partial charge in [0.2, 0.25) is 5.43 Å². The molecule has 7 rings (SSSR count). The van der Waals surface area contributed by atoms with Crippen LogP contribution in [0.2, 0.25) is 0 Å². The summed E-state index contributed by atoms with van der Waals surface area (Å²) in [5.74, 6) is 0.960. The molecular weight excluding hydrogens is 412 g/mol. The Hall–Kier alpha value is -3.79. The van der Waals surface area contributed by atoms with Crippen LogP contribution in [0.1, 0.15) is 30.9 Å². The Kier molecular flexibility index (Phi) is 3.63. The Morgan fingerprint density at radius 2 is 1.48 bits per heavy atom. The first-order valence-corrected chi connectivity index (χ1v) is 11.3. The molecule has 0 unspecified atom stereocenters. The second-order valence-corrected chi connectivity index (χ2v) is 9.59. The second-order valence-electron chi connectivity index (χ2n) is 9.59. The Morgan fingerprint density at radius 3 is 2.30 bits per heavy atom. The minimum absolute atomic E-state index is 0.0240. The van der Waals surface area contributed by atoms with Gasteiger partial charge in [0.15, 0.2) is 0 Å². The predicted molar refractivity (Wildman–Crippen MR) is 129 cm³/mol. The molecule has 0 saturated heterocycles. The van der Waals surface area contributed by atoms with Gasteiger partial charge < -0.3 is 13.9 Å². The molecule has 0 N–H and O–H groups in total. The smallest absolute Gasteiger partial charge is 0.293 e. The number of rotatable bonds is 0. The monoisotopic (exact) mass is 434 g/mol. The summed E-state index contributed by atoms with van der Waals surface area (Å²) >= 11 is 0. The molecule has 0 spiro atoms. The Balaban J connectivity index is 1.61. The molecule has 5 aromatic rings. The van der Waals surface area contributed by atoms with Crippen LogP contribution in [0, 0.1) is 5.92 Å². The maximum Gasteiger partial charge on any atom is 0.293 e. The Morgan fingerprint density at radius 1 is 0.788 bits per heavy atom. The number of hydrogen-bond donors (Lipinski definition) is 0. The van der Waals surface area contributed by atoms with Crippen molar-refractivity contribution in [2.45, 2.75) is 25.4 Å². The summed E-state index contributed by atoms with van der Waals surface area (Å²) in [7, 11) is 0. The molecular formula is C29H22O4. The highest BCUT2D eigenvalue weighted by molar-refractivity contribution is 6.04. The van der Waals surface area contributed by atoms with E-state index in [2.05, 4.69) is 32.0 Å². The van der Waals surface area contributed by atoms with Crippen LogP contribution in [0.25, 0.3) is 32.5 Å². The predicted octanol–water partition coefficient (Wildman–Crippen LogP) is 6.41. The summed E-state index contributed by atoms with van der Waals surface area (Å²) in [5.41, 5.74) is 1.64. The van der Waals surface area contributed by atoms with Gasteiger partial charge >= 0.3 is 0 Å². The van der Waals surface area contributed by atoms with E-state index in [-0.39, 0.29) is 17.3 Å². The van der Waals surface area contributed by atoms with Gasteiger partial charge in [0.25, 0.3) is 5.95 Å². The van der Waals surface area contributed by atoms with Gasteiger partial charge in [-0.2, -0.15) is 0 Å². The van der Waals surface area contributed by atoms with Crippen LogP contribution in [0.5, 0.6) is 11.7 Å². The fourth-order valence-electron chi connectivity index (χ4n) is 5.72. The summed E-state index contributed by atoms with van der Waals surface area (Å²) in [4.78, 5) is 14.0. The van der Waals surface area contributed by atoms with Gasteiger partial charge in [-0.25, -0.2) is 0 Å². The van der Waals surface area contributed by atoms with Crippen molar-refractivity contribution in [3.05, 3.63) is 94.1 Å². The highest BCUT2D eigenvalue weighted by Crippen LogP contribution is 2.53. The molecule has 0 fully saturated rings. The van der Waals surface area contributed by atoms with Gasteiger partial charge in [-0.3, -0.25) is 4.79 Å².